The van der Waals surface area contributed by atoms with Crippen LogP contribution in [0.25, 0.3) is 11.1 Å². The van der Waals surface area contributed by atoms with Gasteiger partial charge in [0.15, 0.2) is 0 Å². The molecule has 96 valence electrons. The molecule has 1 aromatic heterocycles. The van der Waals surface area contributed by atoms with Crippen LogP contribution in [0.2, 0.25) is 0 Å². The summed E-state index contributed by atoms with van der Waals surface area (Å²) >= 11 is 0. The van der Waals surface area contributed by atoms with Gasteiger partial charge in [0.05, 0.1) is 26.5 Å². The maximum atomic E-state index is 8.90. The Morgan fingerprint density at radius 3 is 2.89 bits per heavy atom. The number of aliphatic hydroxyl groups excluding tert-OH is 1. The predicted octanol–water partition coefficient (Wildman–Crippen LogP) is 2.11. The first-order chi connectivity index (χ1) is 8.78. The largest absolute Gasteiger partial charge is 0.496 e. The third-order valence-corrected chi connectivity index (χ3v) is 2.95. The quantitative estimate of drug-likeness (QED) is 0.879. The Balaban J connectivity index is 2.40. The Hall–Kier alpha value is -1.81. The van der Waals surface area contributed by atoms with E-state index in [1.54, 1.807) is 18.0 Å². The van der Waals surface area contributed by atoms with Crippen LogP contribution in [0.1, 0.15) is 12.5 Å². The highest BCUT2D eigenvalue weighted by molar-refractivity contribution is 5.70. The monoisotopic (exact) mass is 246 g/mol. The number of rotatable bonds is 5. The molecule has 0 saturated heterocycles. The van der Waals surface area contributed by atoms with Crippen LogP contribution in [-0.4, -0.2) is 28.6 Å². The molecule has 4 heteroatoms. The molecule has 0 amide bonds. The van der Waals surface area contributed by atoms with Gasteiger partial charge in [0.1, 0.15) is 5.75 Å². The molecule has 0 unspecified atom stereocenters. The van der Waals surface area contributed by atoms with Crippen molar-refractivity contribution in [3.63, 3.8) is 0 Å². The summed E-state index contributed by atoms with van der Waals surface area (Å²) in [4.78, 5) is 0. The van der Waals surface area contributed by atoms with Crippen molar-refractivity contribution >= 4 is 0 Å². The standard InChI is InChI=1S/C14H18N2O2/c1-3-11-4-5-14(18-2)13(8-11)12-9-15-16(10-12)6-7-17/h4-5,8-10,17H,3,6-7H2,1-2H3. The molecule has 0 bridgehead atoms. The zero-order chi connectivity index (χ0) is 13.0. The molecule has 2 aromatic rings. The number of methoxy groups -OCH3 is 1. The van der Waals surface area contributed by atoms with Crippen molar-refractivity contribution < 1.29 is 9.84 Å². The van der Waals surface area contributed by atoms with Gasteiger partial charge in [0.2, 0.25) is 0 Å². The first-order valence-electron chi connectivity index (χ1n) is 6.09. The third kappa shape index (κ3) is 2.54. The SMILES string of the molecule is CCc1ccc(OC)c(-c2cnn(CCO)c2)c1. The molecule has 0 aliphatic heterocycles. The van der Waals surface area contributed by atoms with Gasteiger partial charge in [-0.1, -0.05) is 13.0 Å². The fraction of sp³-hybridized carbons (Fsp3) is 0.357. The molecule has 1 N–H and O–H groups in total. The maximum Gasteiger partial charge on any atom is 0.126 e. The number of aliphatic hydroxyl groups is 1. The van der Waals surface area contributed by atoms with E-state index < -0.39 is 0 Å². The lowest BCUT2D eigenvalue weighted by molar-refractivity contribution is 0.269. The summed E-state index contributed by atoms with van der Waals surface area (Å²) in [6.45, 7) is 2.73. The van der Waals surface area contributed by atoms with Gasteiger partial charge in [-0.2, -0.15) is 5.10 Å². The number of hydrogen-bond donors (Lipinski definition) is 1. The van der Waals surface area contributed by atoms with Gasteiger partial charge in [-0.3, -0.25) is 4.68 Å². The second-order valence-electron chi connectivity index (χ2n) is 4.10. The third-order valence-electron chi connectivity index (χ3n) is 2.95. The molecule has 2 rings (SSSR count). The van der Waals surface area contributed by atoms with Crippen molar-refractivity contribution in [1.29, 1.82) is 0 Å². The molecular formula is C14H18N2O2. The summed E-state index contributed by atoms with van der Waals surface area (Å²) in [6, 6.07) is 6.18. The van der Waals surface area contributed by atoms with Crippen LogP contribution in [0.4, 0.5) is 0 Å². The molecular weight excluding hydrogens is 228 g/mol. The number of ether oxygens (including phenoxy) is 1. The van der Waals surface area contributed by atoms with Crippen molar-refractivity contribution in [1.82, 2.24) is 9.78 Å². The van der Waals surface area contributed by atoms with E-state index in [-0.39, 0.29) is 6.61 Å². The minimum Gasteiger partial charge on any atom is -0.496 e. The van der Waals surface area contributed by atoms with E-state index in [1.165, 1.54) is 5.56 Å². The van der Waals surface area contributed by atoms with E-state index in [0.29, 0.717) is 6.54 Å². The predicted molar refractivity (Wildman–Crippen MR) is 70.7 cm³/mol. The molecule has 0 radical (unpaired) electrons. The van der Waals surface area contributed by atoms with Crippen molar-refractivity contribution in [2.75, 3.05) is 13.7 Å². The molecule has 1 heterocycles. The first-order valence-corrected chi connectivity index (χ1v) is 6.09. The van der Waals surface area contributed by atoms with Gasteiger partial charge in [-0.05, 0) is 24.1 Å². The summed E-state index contributed by atoms with van der Waals surface area (Å²) in [5.41, 5.74) is 3.32. The second-order valence-corrected chi connectivity index (χ2v) is 4.10. The van der Waals surface area contributed by atoms with Crippen LogP contribution in [0.5, 0.6) is 5.75 Å². The summed E-state index contributed by atoms with van der Waals surface area (Å²) in [7, 11) is 1.67. The van der Waals surface area contributed by atoms with E-state index in [0.717, 1.165) is 23.3 Å². The number of benzene rings is 1. The Morgan fingerprint density at radius 1 is 1.39 bits per heavy atom. The molecule has 1 aromatic carbocycles. The zero-order valence-corrected chi connectivity index (χ0v) is 10.8. The van der Waals surface area contributed by atoms with Crippen LogP contribution >= 0.6 is 0 Å². The van der Waals surface area contributed by atoms with Crippen molar-refractivity contribution in [3.8, 4) is 16.9 Å². The molecule has 0 saturated carbocycles. The van der Waals surface area contributed by atoms with E-state index >= 15 is 0 Å². The van der Waals surface area contributed by atoms with Crippen LogP contribution in [0.3, 0.4) is 0 Å². The van der Waals surface area contributed by atoms with Crippen LogP contribution in [-0.2, 0) is 13.0 Å². The lowest BCUT2D eigenvalue weighted by Gasteiger charge is -2.08. The van der Waals surface area contributed by atoms with Gasteiger partial charge < -0.3 is 9.84 Å². The van der Waals surface area contributed by atoms with Crippen molar-refractivity contribution in [3.05, 3.63) is 36.2 Å². The molecule has 0 spiro atoms. The van der Waals surface area contributed by atoms with Gasteiger partial charge >= 0.3 is 0 Å². The van der Waals surface area contributed by atoms with Gasteiger partial charge in [-0.25, -0.2) is 0 Å². The second kappa shape index (κ2) is 5.69. The summed E-state index contributed by atoms with van der Waals surface area (Å²) in [5.74, 6) is 0.843. The Kier molecular flexibility index (Phi) is 3.99. The van der Waals surface area contributed by atoms with Crippen LogP contribution in [0.15, 0.2) is 30.6 Å². The van der Waals surface area contributed by atoms with E-state index in [9.17, 15) is 0 Å². The van der Waals surface area contributed by atoms with Crippen LogP contribution < -0.4 is 4.74 Å². The topological polar surface area (TPSA) is 47.3 Å². The highest BCUT2D eigenvalue weighted by Gasteiger charge is 2.09. The molecule has 18 heavy (non-hydrogen) atoms. The minimum absolute atomic E-state index is 0.0905. The van der Waals surface area contributed by atoms with E-state index in [1.807, 2.05) is 12.3 Å². The highest BCUT2D eigenvalue weighted by atomic mass is 16.5. The summed E-state index contributed by atoms with van der Waals surface area (Å²) < 4.78 is 7.11. The average molecular weight is 246 g/mol. The number of nitrogens with zero attached hydrogens (tertiary/aromatic N) is 2. The molecule has 0 atom stereocenters. The smallest absolute Gasteiger partial charge is 0.126 e. The van der Waals surface area contributed by atoms with E-state index in [2.05, 4.69) is 24.2 Å². The first kappa shape index (κ1) is 12.6. The van der Waals surface area contributed by atoms with Crippen molar-refractivity contribution in [2.24, 2.45) is 0 Å². The normalized spacial score (nSPS) is 10.6. The summed E-state index contributed by atoms with van der Waals surface area (Å²) in [6.07, 6.45) is 4.71. The minimum atomic E-state index is 0.0905. The number of aryl methyl sites for hydroxylation is 1. The molecule has 0 aliphatic rings. The Labute approximate surface area is 107 Å². The number of aromatic nitrogens is 2. The fourth-order valence-electron chi connectivity index (χ4n) is 1.93. The Morgan fingerprint density at radius 2 is 2.22 bits per heavy atom. The van der Waals surface area contributed by atoms with E-state index in [4.69, 9.17) is 9.84 Å². The fourth-order valence-corrected chi connectivity index (χ4v) is 1.93. The lowest BCUT2D eigenvalue weighted by atomic mass is 10.0. The average Bonchev–Trinajstić information content (AvgIpc) is 2.87. The number of hydrogen-bond acceptors (Lipinski definition) is 3. The zero-order valence-electron chi connectivity index (χ0n) is 10.8. The Bertz CT molecular complexity index is 520. The highest BCUT2D eigenvalue weighted by Crippen LogP contribution is 2.30. The van der Waals surface area contributed by atoms with Gasteiger partial charge in [-0.15, -0.1) is 0 Å². The molecule has 0 fully saturated rings. The van der Waals surface area contributed by atoms with Gasteiger partial charge in [0, 0.05) is 17.3 Å². The maximum absolute atomic E-state index is 8.90. The van der Waals surface area contributed by atoms with Crippen molar-refractivity contribution in [2.45, 2.75) is 19.9 Å². The lowest BCUT2D eigenvalue weighted by Crippen LogP contribution is -2.01. The molecule has 4 nitrogen and oxygen atoms in total. The van der Waals surface area contributed by atoms with Crippen LogP contribution in [0, 0.1) is 0 Å². The molecule has 0 aliphatic carbocycles. The summed E-state index contributed by atoms with van der Waals surface area (Å²) in [5, 5.41) is 13.1. The van der Waals surface area contributed by atoms with Gasteiger partial charge in [0.25, 0.3) is 0 Å².